The van der Waals surface area contributed by atoms with E-state index in [0.717, 1.165) is 25.1 Å². The van der Waals surface area contributed by atoms with Gasteiger partial charge in [0.05, 0.1) is 16.3 Å². The van der Waals surface area contributed by atoms with E-state index >= 15 is 0 Å². The molecule has 0 amide bonds. The lowest BCUT2D eigenvalue weighted by Gasteiger charge is -2.28. The summed E-state index contributed by atoms with van der Waals surface area (Å²) in [5, 5.41) is 4.76. The Morgan fingerprint density at radius 1 is 1.39 bits per heavy atom. The third-order valence-electron chi connectivity index (χ3n) is 3.28. The maximum absolute atomic E-state index is 5.52. The standard InChI is InChI=1S/C14H26N2OS/c1-7-15-12(9-14(4,5)17-6)8-13-16-10(2)11(3)18-13/h12,15H,7-9H2,1-6H3. The number of nitrogens with one attached hydrogen (secondary N) is 1. The molecular formula is C14H26N2OS. The van der Waals surface area contributed by atoms with Crippen LogP contribution in [0.1, 0.15) is 42.8 Å². The zero-order valence-corrected chi connectivity index (χ0v) is 13.3. The first-order valence-electron chi connectivity index (χ1n) is 6.59. The Kier molecular flexibility index (Phi) is 5.76. The van der Waals surface area contributed by atoms with Crippen LogP contribution in [0.25, 0.3) is 0 Å². The predicted octanol–water partition coefficient (Wildman–Crippen LogP) is 3.10. The van der Waals surface area contributed by atoms with Gasteiger partial charge in [-0.2, -0.15) is 0 Å². The Morgan fingerprint density at radius 3 is 2.50 bits per heavy atom. The zero-order chi connectivity index (χ0) is 13.8. The molecule has 1 rings (SSSR count). The first-order valence-corrected chi connectivity index (χ1v) is 7.41. The summed E-state index contributed by atoms with van der Waals surface area (Å²) in [6.45, 7) is 11.6. The van der Waals surface area contributed by atoms with Gasteiger partial charge in [-0.1, -0.05) is 6.92 Å². The largest absolute Gasteiger partial charge is 0.379 e. The molecule has 1 N–H and O–H groups in total. The first kappa shape index (κ1) is 15.6. The van der Waals surface area contributed by atoms with Gasteiger partial charge in [0.1, 0.15) is 0 Å². The molecule has 0 saturated heterocycles. The van der Waals surface area contributed by atoms with Crippen molar-refractivity contribution in [2.45, 2.75) is 59.1 Å². The molecule has 1 atom stereocenters. The third kappa shape index (κ3) is 4.67. The molecule has 18 heavy (non-hydrogen) atoms. The highest BCUT2D eigenvalue weighted by atomic mass is 32.1. The Labute approximate surface area is 115 Å². The van der Waals surface area contributed by atoms with E-state index in [4.69, 9.17) is 4.74 Å². The Morgan fingerprint density at radius 2 is 2.06 bits per heavy atom. The van der Waals surface area contributed by atoms with Gasteiger partial charge in [0, 0.05) is 24.4 Å². The molecule has 0 aromatic carbocycles. The van der Waals surface area contributed by atoms with Crippen LogP contribution in [-0.2, 0) is 11.2 Å². The summed E-state index contributed by atoms with van der Waals surface area (Å²) in [7, 11) is 1.78. The van der Waals surface area contributed by atoms with Crippen molar-refractivity contribution in [2.24, 2.45) is 0 Å². The van der Waals surface area contributed by atoms with E-state index in [2.05, 4.69) is 44.9 Å². The minimum atomic E-state index is -0.0891. The van der Waals surface area contributed by atoms with E-state index in [-0.39, 0.29) is 5.60 Å². The van der Waals surface area contributed by atoms with Gasteiger partial charge in [0.2, 0.25) is 0 Å². The second kappa shape index (κ2) is 6.64. The second-order valence-electron chi connectivity index (χ2n) is 5.38. The molecule has 0 aliphatic heterocycles. The maximum atomic E-state index is 5.52. The maximum Gasteiger partial charge on any atom is 0.0946 e. The summed E-state index contributed by atoms with van der Waals surface area (Å²) < 4.78 is 5.52. The van der Waals surface area contributed by atoms with Gasteiger partial charge in [0.15, 0.2) is 0 Å². The number of nitrogens with zero attached hydrogens (tertiary/aromatic N) is 1. The van der Waals surface area contributed by atoms with Crippen molar-refractivity contribution in [3.63, 3.8) is 0 Å². The second-order valence-corrected chi connectivity index (χ2v) is 6.66. The van der Waals surface area contributed by atoms with Gasteiger partial charge >= 0.3 is 0 Å². The summed E-state index contributed by atoms with van der Waals surface area (Å²) in [6, 6.07) is 0.426. The third-order valence-corrected chi connectivity index (χ3v) is 4.37. The first-order chi connectivity index (χ1) is 8.38. The van der Waals surface area contributed by atoms with Crippen LogP contribution < -0.4 is 5.32 Å². The number of aryl methyl sites for hydroxylation is 2. The predicted molar refractivity (Wildman–Crippen MR) is 78.5 cm³/mol. The van der Waals surface area contributed by atoms with E-state index in [1.165, 1.54) is 9.88 Å². The number of thiazole rings is 1. The molecular weight excluding hydrogens is 244 g/mol. The van der Waals surface area contributed by atoms with Gasteiger partial charge in [-0.25, -0.2) is 4.98 Å². The van der Waals surface area contributed by atoms with Crippen molar-refractivity contribution in [3.8, 4) is 0 Å². The van der Waals surface area contributed by atoms with Crippen LogP contribution >= 0.6 is 11.3 Å². The van der Waals surface area contributed by atoms with Crippen molar-refractivity contribution in [3.05, 3.63) is 15.6 Å². The number of rotatable bonds is 7. The minimum absolute atomic E-state index is 0.0891. The smallest absolute Gasteiger partial charge is 0.0946 e. The minimum Gasteiger partial charge on any atom is -0.379 e. The molecule has 104 valence electrons. The number of ether oxygens (including phenoxy) is 1. The molecule has 3 nitrogen and oxygen atoms in total. The normalized spacial score (nSPS) is 13.9. The fourth-order valence-corrected chi connectivity index (χ4v) is 3.03. The SMILES string of the molecule is CCNC(Cc1nc(C)c(C)s1)CC(C)(C)OC. The lowest BCUT2D eigenvalue weighted by Crippen LogP contribution is -2.39. The highest BCUT2D eigenvalue weighted by Crippen LogP contribution is 2.22. The zero-order valence-electron chi connectivity index (χ0n) is 12.5. The molecule has 0 saturated carbocycles. The molecule has 0 bridgehead atoms. The fourth-order valence-electron chi connectivity index (χ4n) is 2.02. The molecule has 1 unspecified atom stereocenters. The average Bonchev–Trinajstić information content (AvgIpc) is 2.58. The molecule has 0 aliphatic carbocycles. The number of hydrogen-bond acceptors (Lipinski definition) is 4. The molecule has 0 aliphatic rings. The van der Waals surface area contributed by atoms with Crippen molar-refractivity contribution < 1.29 is 4.74 Å². The van der Waals surface area contributed by atoms with Crippen molar-refractivity contribution >= 4 is 11.3 Å². The summed E-state index contributed by atoms with van der Waals surface area (Å²) >= 11 is 1.81. The average molecular weight is 270 g/mol. The Balaban J connectivity index is 2.68. The molecule has 1 heterocycles. The van der Waals surface area contributed by atoms with Gasteiger partial charge < -0.3 is 10.1 Å². The number of hydrogen-bond donors (Lipinski definition) is 1. The summed E-state index contributed by atoms with van der Waals surface area (Å²) in [5.41, 5.74) is 1.07. The van der Waals surface area contributed by atoms with Crippen LogP contribution in [0.15, 0.2) is 0 Å². The fraction of sp³-hybridized carbons (Fsp3) is 0.786. The van der Waals surface area contributed by atoms with Crippen LogP contribution in [0.3, 0.4) is 0 Å². The van der Waals surface area contributed by atoms with Gasteiger partial charge in [-0.15, -0.1) is 11.3 Å². The summed E-state index contributed by atoms with van der Waals surface area (Å²) in [4.78, 5) is 5.95. The quantitative estimate of drug-likeness (QED) is 0.826. The molecule has 1 aromatic heterocycles. The van der Waals surface area contributed by atoms with E-state index in [1.54, 1.807) is 7.11 Å². The summed E-state index contributed by atoms with van der Waals surface area (Å²) in [5.74, 6) is 0. The van der Waals surface area contributed by atoms with Crippen molar-refractivity contribution in [1.29, 1.82) is 0 Å². The van der Waals surface area contributed by atoms with E-state index in [1.807, 2.05) is 11.3 Å². The van der Waals surface area contributed by atoms with Crippen LogP contribution in [0.4, 0.5) is 0 Å². The Hall–Kier alpha value is -0.450. The number of methoxy groups -OCH3 is 1. The lowest BCUT2D eigenvalue weighted by atomic mass is 9.97. The van der Waals surface area contributed by atoms with Crippen LogP contribution in [0, 0.1) is 13.8 Å². The lowest BCUT2D eigenvalue weighted by molar-refractivity contribution is 0.00726. The van der Waals surface area contributed by atoms with Crippen LogP contribution in [0.5, 0.6) is 0 Å². The molecule has 0 radical (unpaired) electrons. The molecule has 4 heteroatoms. The number of aromatic nitrogens is 1. The van der Waals surface area contributed by atoms with E-state index in [9.17, 15) is 0 Å². The van der Waals surface area contributed by atoms with Crippen LogP contribution in [0.2, 0.25) is 0 Å². The van der Waals surface area contributed by atoms with Crippen molar-refractivity contribution in [1.82, 2.24) is 10.3 Å². The monoisotopic (exact) mass is 270 g/mol. The van der Waals surface area contributed by atoms with Gasteiger partial charge in [-0.05, 0) is 40.7 Å². The van der Waals surface area contributed by atoms with Crippen molar-refractivity contribution in [2.75, 3.05) is 13.7 Å². The van der Waals surface area contributed by atoms with E-state index < -0.39 is 0 Å². The number of likely N-dealkylation sites (N-methyl/N-ethyl adjacent to an activating group) is 1. The summed E-state index contributed by atoms with van der Waals surface area (Å²) in [6.07, 6.45) is 1.98. The highest BCUT2D eigenvalue weighted by Gasteiger charge is 2.23. The molecule has 1 aromatic rings. The molecule has 0 spiro atoms. The van der Waals surface area contributed by atoms with Gasteiger partial charge in [-0.3, -0.25) is 0 Å². The van der Waals surface area contributed by atoms with Crippen LogP contribution in [-0.4, -0.2) is 30.3 Å². The van der Waals surface area contributed by atoms with E-state index in [0.29, 0.717) is 6.04 Å². The highest BCUT2D eigenvalue weighted by molar-refractivity contribution is 7.11. The topological polar surface area (TPSA) is 34.2 Å². The Bertz CT molecular complexity index is 354. The van der Waals surface area contributed by atoms with Gasteiger partial charge in [0.25, 0.3) is 0 Å². The molecule has 0 fully saturated rings.